The molecule has 0 bridgehead atoms. The molecule has 0 aliphatic carbocycles. The lowest BCUT2D eigenvalue weighted by Crippen LogP contribution is -2.08. The quantitative estimate of drug-likeness (QED) is 0.573. The van der Waals surface area contributed by atoms with E-state index in [1.807, 2.05) is 6.07 Å². The largest absolute Gasteiger partial charge is 0.345 e. The van der Waals surface area contributed by atoms with E-state index in [1.54, 1.807) is 0 Å². The lowest BCUT2D eigenvalue weighted by atomic mass is 10.1. The lowest BCUT2D eigenvalue weighted by Gasteiger charge is -2.15. The summed E-state index contributed by atoms with van der Waals surface area (Å²) >= 11 is 0. The van der Waals surface area contributed by atoms with E-state index in [9.17, 15) is 0 Å². The van der Waals surface area contributed by atoms with Crippen LogP contribution in [0.25, 0.3) is 10.9 Å². The van der Waals surface area contributed by atoms with Crippen molar-refractivity contribution >= 4 is 10.9 Å². The predicted molar refractivity (Wildman–Crippen MR) is 53.7 cm³/mol. The van der Waals surface area contributed by atoms with Gasteiger partial charge in [-0.1, -0.05) is 12.1 Å². The molecule has 1 aromatic carbocycles. The topological polar surface area (TPSA) is 4.93 Å². The fourth-order valence-electron chi connectivity index (χ4n) is 2.24. The van der Waals surface area contributed by atoms with Gasteiger partial charge < -0.3 is 4.57 Å². The van der Waals surface area contributed by atoms with E-state index in [0.717, 1.165) is 0 Å². The first-order chi connectivity index (χ1) is 6.45. The Bertz CT molecular complexity index is 439. The lowest BCUT2D eigenvalue weighted by molar-refractivity contribution is 0.545. The van der Waals surface area contributed by atoms with Gasteiger partial charge in [0.05, 0.1) is 0 Å². The van der Waals surface area contributed by atoms with Gasteiger partial charge in [-0.05, 0) is 37.5 Å². The zero-order valence-electron chi connectivity index (χ0n) is 7.59. The van der Waals surface area contributed by atoms with Crippen LogP contribution in [0.2, 0.25) is 0 Å². The van der Waals surface area contributed by atoms with E-state index in [4.69, 9.17) is 0 Å². The molecule has 0 atom stereocenters. The van der Waals surface area contributed by atoms with Crippen LogP contribution in [-0.2, 0) is 13.0 Å². The molecule has 1 aromatic heterocycles. The molecular formula is C12H12N. The Balaban J connectivity index is 2.34. The number of hydrogen-bond acceptors (Lipinski definition) is 0. The SMILES string of the molecule is [c]1cccc2c1cc1n2CCCC1. The van der Waals surface area contributed by atoms with Gasteiger partial charge in [0, 0.05) is 23.1 Å². The monoisotopic (exact) mass is 170 g/mol. The molecule has 0 N–H and O–H groups in total. The molecule has 0 amide bonds. The summed E-state index contributed by atoms with van der Waals surface area (Å²) < 4.78 is 2.44. The first-order valence-corrected chi connectivity index (χ1v) is 4.94. The highest BCUT2D eigenvalue weighted by atomic mass is 15.0. The number of hydrogen-bond donors (Lipinski definition) is 0. The van der Waals surface area contributed by atoms with Gasteiger partial charge in [-0.25, -0.2) is 0 Å². The molecule has 2 heterocycles. The second kappa shape index (κ2) is 2.63. The van der Waals surface area contributed by atoms with Crippen molar-refractivity contribution < 1.29 is 0 Å². The molecule has 0 saturated heterocycles. The van der Waals surface area contributed by atoms with Crippen LogP contribution in [0.3, 0.4) is 0 Å². The summed E-state index contributed by atoms with van der Waals surface area (Å²) in [6, 6.07) is 11.8. The van der Waals surface area contributed by atoms with Crippen LogP contribution in [-0.4, -0.2) is 4.57 Å². The zero-order valence-corrected chi connectivity index (χ0v) is 7.59. The summed E-state index contributed by atoms with van der Waals surface area (Å²) in [5.41, 5.74) is 2.85. The van der Waals surface area contributed by atoms with Crippen LogP contribution in [0.5, 0.6) is 0 Å². The molecule has 1 nitrogen and oxygen atoms in total. The minimum atomic E-state index is 1.19. The maximum Gasteiger partial charge on any atom is 0.0488 e. The van der Waals surface area contributed by atoms with E-state index in [1.165, 1.54) is 42.4 Å². The molecular weight excluding hydrogens is 158 g/mol. The number of rotatable bonds is 0. The molecule has 3 rings (SSSR count). The number of fused-ring (bicyclic) bond motifs is 3. The van der Waals surface area contributed by atoms with Gasteiger partial charge in [-0.2, -0.15) is 0 Å². The van der Waals surface area contributed by atoms with Gasteiger partial charge in [-0.3, -0.25) is 0 Å². The van der Waals surface area contributed by atoms with Crippen molar-refractivity contribution in [3.63, 3.8) is 0 Å². The Morgan fingerprint density at radius 2 is 2.31 bits per heavy atom. The zero-order chi connectivity index (χ0) is 8.67. The molecule has 0 spiro atoms. The Hall–Kier alpha value is -1.24. The van der Waals surface area contributed by atoms with E-state index in [-0.39, 0.29) is 0 Å². The first kappa shape index (κ1) is 7.19. The fourth-order valence-corrected chi connectivity index (χ4v) is 2.24. The summed E-state index contributed by atoms with van der Waals surface area (Å²) in [6.45, 7) is 1.19. The fraction of sp³-hybridized carbons (Fsp3) is 0.333. The molecule has 13 heavy (non-hydrogen) atoms. The van der Waals surface area contributed by atoms with E-state index in [0.29, 0.717) is 0 Å². The first-order valence-electron chi connectivity index (χ1n) is 4.94. The van der Waals surface area contributed by atoms with Crippen molar-refractivity contribution in [1.29, 1.82) is 0 Å². The second-order valence-corrected chi connectivity index (χ2v) is 3.71. The highest BCUT2D eigenvalue weighted by Gasteiger charge is 2.11. The Kier molecular flexibility index (Phi) is 1.45. The van der Waals surface area contributed by atoms with E-state index < -0.39 is 0 Å². The summed E-state index contributed by atoms with van der Waals surface area (Å²) in [4.78, 5) is 0. The Morgan fingerprint density at radius 3 is 3.31 bits per heavy atom. The van der Waals surface area contributed by atoms with Crippen LogP contribution >= 0.6 is 0 Å². The van der Waals surface area contributed by atoms with Crippen molar-refractivity contribution in [2.45, 2.75) is 25.8 Å². The minimum Gasteiger partial charge on any atom is -0.345 e. The van der Waals surface area contributed by atoms with Gasteiger partial charge in [0.15, 0.2) is 0 Å². The third-order valence-corrected chi connectivity index (χ3v) is 2.88. The number of benzene rings is 1. The third-order valence-electron chi connectivity index (χ3n) is 2.88. The highest BCUT2D eigenvalue weighted by molar-refractivity contribution is 5.80. The molecule has 2 aromatic rings. The van der Waals surface area contributed by atoms with Gasteiger partial charge in [0.2, 0.25) is 0 Å². The Labute approximate surface area is 78.0 Å². The normalized spacial score (nSPS) is 16.0. The van der Waals surface area contributed by atoms with E-state index >= 15 is 0 Å². The molecule has 0 fully saturated rings. The van der Waals surface area contributed by atoms with Gasteiger partial charge in [0.25, 0.3) is 0 Å². The molecule has 1 heteroatoms. The Morgan fingerprint density at radius 1 is 1.31 bits per heavy atom. The van der Waals surface area contributed by atoms with Crippen LogP contribution in [0.4, 0.5) is 0 Å². The second-order valence-electron chi connectivity index (χ2n) is 3.71. The van der Waals surface area contributed by atoms with E-state index in [2.05, 4.69) is 28.8 Å². The molecule has 1 aliphatic rings. The summed E-state index contributed by atoms with van der Waals surface area (Å²) in [6.07, 6.45) is 3.91. The van der Waals surface area contributed by atoms with Gasteiger partial charge in [0.1, 0.15) is 0 Å². The summed E-state index contributed by atoms with van der Waals surface area (Å²) in [7, 11) is 0. The smallest absolute Gasteiger partial charge is 0.0488 e. The van der Waals surface area contributed by atoms with Crippen LogP contribution in [0.15, 0.2) is 24.3 Å². The van der Waals surface area contributed by atoms with Crippen molar-refractivity contribution in [2.24, 2.45) is 0 Å². The molecule has 1 radical (unpaired) electrons. The maximum atomic E-state index is 3.29. The van der Waals surface area contributed by atoms with Gasteiger partial charge in [-0.15, -0.1) is 0 Å². The average molecular weight is 170 g/mol. The molecule has 0 saturated carbocycles. The van der Waals surface area contributed by atoms with Crippen LogP contribution < -0.4 is 0 Å². The van der Waals surface area contributed by atoms with Crippen LogP contribution in [0.1, 0.15) is 18.5 Å². The van der Waals surface area contributed by atoms with Crippen molar-refractivity contribution in [1.82, 2.24) is 4.57 Å². The maximum absolute atomic E-state index is 3.29. The minimum absolute atomic E-state index is 1.19. The van der Waals surface area contributed by atoms with Crippen LogP contribution in [0, 0.1) is 6.07 Å². The summed E-state index contributed by atoms with van der Waals surface area (Å²) in [5, 5.41) is 1.28. The van der Waals surface area contributed by atoms with Crippen molar-refractivity contribution in [3.8, 4) is 0 Å². The molecule has 65 valence electrons. The van der Waals surface area contributed by atoms with Crippen molar-refractivity contribution in [3.05, 3.63) is 36.0 Å². The predicted octanol–water partition coefficient (Wildman–Crippen LogP) is 2.78. The molecule has 1 aliphatic heterocycles. The molecule has 0 unspecified atom stereocenters. The summed E-state index contributed by atoms with van der Waals surface area (Å²) in [5.74, 6) is 0. The standard InChI is InChI=1S/C12H12N/c1-2-7-12-10(5-1)9-11-6-3-4-8-13(11)12/h1-2,7,9H,3-4,6,8H2. The average Bonchev–Trinajstić information content (AvgIpc) is 2.56. The third kappa shape index (κ3) is 0.998. The van der Waals surface area contributed by atoms with Gasteiger partial charge >= 0.3 is 0 Å². The highest BCUT2D eigenvalue weighted by Crippen LogP contribution is 2.24. The van der Waals surface area contributed by atoms with Crippen molar-refractivity contribution in [2.75, 3.05) is 0 Å². The number of nitrogens with zero attached hydrogens (tertiary/aromatic N) is 1. The number of aryl methyl sites for hydroxylation is 2. The number of aromatic nitrogens is 1.